The Morgan fingerprint density at radius 2 is 1.94 bits per heavy atom. The molecule has 0 unspecified atom stereocenters. The summed E-state index contributed by atoms with van der Waals surface area (Å²) in [5.74, 6) is -0.412. The van der Waals surface area contributed by atoms with E-state index in [4.69, 9.17) is 14.6 Å². The second kappa shape index (κ2) is 5.47. The fraction of sp³-hybridized carbons (Fsp3) is 0.900. The van der Waals surface area contributed by atoms with Gasteiger partial charge in [-0.05, 0) is 0 Å². The summed E-state index contributed by atoms with van der Waals surface area (Å²) in [6.45, 7) is -0.473. The van der Waals surface area contributed by atoms with Crippen LogP contribution in [0.15, 0.2) is 0 Å². The van der Waals surface area contributed by atoms with Gasteiger partial charge in [-0.2, -0.15) is 0 Å². The number of rotatable bonds is 3. The molecular weight excluding hydrogens is 248 g/mol. The molecular formula is C10H16O8. The summed E-state index contributed by atoms with van der Waals surface area (Å²) in [6, 6.07) is 0. The van der Waals surface area contributed by atoms with Crippen molar-refractivity contribution in [3.63, 3.8) is 0 Å². The predicted octanol–water partition coefficient (Wildman–Crippen LogP) is -2.88. The van der Waals surface area contributed by atoms with Crippen LogP contribution in [-0.4, -0.2) is 76.4 Å². The average Bonchev–Trinajstić information content (AvgIpc) is 2.75. The molecule has 2 rings (SSSR count). The minimum atomic E-state index is -1.49. The summed E-state index contributed by atoms with van der Waals surface area (Å²) in [5, 5.41) is 37.7. The van der Waals surface area contributed by atoms with Gasteiger partial charge in [0.05, 0.1) is 13.0 Å². The first-order valence-corrected chi connectivity index (χ1v) is 5.64. The summed E-state index contributed by atoms with van der Waals surface area (Å²) in [4.78, 5) is 10.9. The molecule has 2 saturated heterocycles. The van der Waals surface area contributed by atoms with E-state index in [-0.39, 0.29) is 13.0 Å². The third kappa shape index (κ3) is 2.63. The van der Waals surface area contributed by atoms with Gasteiger partial charge in [0.2, 0.25) is 0 Å². The zero-order valence-corrected chi connectivity index (χ0v) is 9.51. The molecule has 104 valence electrons. The van der Waals surface area contributed by atoms with Crippen molar-refractivity contribution in [1.82, 2.24) is 0 Å². The molecule has 18 heavy (non-hydrogen) atoms. The molecule has 8 nitrogen and oxygen atoms in total. The molecule has 6 atom stereocenters. The molecule has 0 saturated carbocycles. The summed E-state index contributed by atoms with van der Waals surface area (Å²) >= 11 is 0. The number of esters is 1. The monoisotopic (exact) mass is 264 g/mol. The first-order chi connectivity index (χ1) is 8.52. The highest BCUT2D eigenvalue weighted by atomic mass is 16.7. The molecule has 0 aromatic rings. The van der Waals surface area contributed by atoms with Gasteiger partial charge >= 0.3 is 5.97 Å². The average molecular weight is 264 g/mol. The van der Waals surface area contributed by atoms with Gasteiger partial charge in [0, 0.05) is 0 Å². The Labute approximate surface area is 103 Å². The quantitative estimate of drug-likeness (QED) is 0.400. The molecule has 0 spiro atoms. The Morgan fingerprint density at radius 3 is 2.50 bits per heavy atom. The number of aliphatic hydroxyl groups is 4. The number of hydrogen-bond donors (Lipinski definition) is 4. The highest BCUT2D eigenvalue weighted by molar-refractivity contribution is 5.71. The van der Waals surface area contributed by atoms with E-state index in [2.05, 4.69) is 4.74 Å². The van der Waals surface area contributed by atoms with Crippen molar-refractivity contribution in [3.8, 4) is 0 Å². The standard InChI is InChI=1S/C10H16O8/c11-2-5-7(13)8(14)9(15)10(18-5)17-4-1-6(12)16-3-4/h4-5,7-11,13-15H,1-3H2/t4-,5-,7-,8+,9-,10+/m1/s1. The maximum atomic E-state index is 10.9. The van der Waals surface area contributed by atoms with Gasteiger partial charge < -0.3 is 34.6 Å². The third-order valence-corrected chi connectivity index (χ3v) is 3.00. The Morgan fingerprint density at radius 1 is 1.22 bits per heavy atom. The van der Waals surface area contributed by atoms with Crippen LogP contribution >= 0.6 is 0 Å². The highest BCUT2D eigenvalue weighted by Gasteiger charge is 2.45. The van der Waals surface area contributed by atoms with Crippen LogP contribution < -0.4 is 0 Å². The van der Waals surface area contributed by atoms with Gasteiger partial charge in [0.1, 0.15) is 37.1 Å². The lowest BCUT2D eigenvalue weighted by Crippen LogP contribution is -2.59. The highest BCUT2D eigenvalue weighted by Crippen LogP contribution is 2.24. The minimum absolute atomic E-state index is 0.0367. The molecule has 0 aromatic carbocycles. The van der Waals surface area contributed by atoms with Crippen LogP contribution in [-0.2, 0) is 19.0 Å². The first-order valence-electron chi connectivity index (χ1n) is 5.64. The molecule has 0 aliphatic carbocycles. The van der Waals surface area contributed by atoms with Gasteiger partial charge in [0.25, 0.3) is 0 Å². The van der Waals surface area contributed by atoms with Crippen LogP contribution in [0.25, 0.3) is 0 Å². The maximum absolute atomic E-state index is 10.9. The van der Waals surface area contributed by atoms with Crippen molar-refractivity contribution in [3.05, 3.63) is 0 Å². The fourth-order valence-corrected chi connectivity index (χ4v) is 1.95. The predicted molar refractivity (Wildman–Crippen MR) is 54.2 cm³/mol. The van der Waals surface area contributed by atoms with E-state index in [0.29, 0.717) is 0 Å². The van der Waals surface area contributed by atoms with Crippen molar-refractivity contribution in [2.75, 3.05) is 13.2 Å². The number of cyclic esters (lactones) is 1. The Hall–Kier alpha value is -0.770. The number of hydrogen-bond acceptors (Lipinski definition) is 8. The summed E-state index contributed by atoms with van der Waals surface area (Å²) in [7, 11) is 0. The first kappa shape index (κ1) is 13.7. The smallest absolute Gasteiger partial charge is 0.308 e. The van der Waals surface area contributed by atoms with Gasteiger partial charge in [-0.15, -0.1) is 0 Å². The van der Waals surface area contributed by atoms with E-state index in [1.807, 2.05) is 0 Å². The van der Waals surface area contributed by atoms with E-state index >= 15 is 0 Å². The van der Waals surface area contributed by atoms with Crippen molar-refractivity contribution in [1.29, 1.82) is 0 Å². The van der Waals surface area contributed by atoms with Crippen LogP contribution in [0, 0.1) is 0 Å². The molecule has 2 aliphatic rings. The second-order valence-electron chi connectivity index (χ2n) is 4.34. The molecule has 0 radical (unpaired) electrons. The molecule has 8 heteroatoms. The van der Waals surface area contributed by atoms with Crippen LogP contribution in [0.5, 0.6) is 0 Å². The SMILES string of the molecule is O=C1C[C@@H](O[C@H]2O[C@H](CO)[C@@H](O)[C@H](O)[C@H]2O)CO1. The largest absolute Gasteiger partial charge is 0.463 e. The zero-order valence-electron chi connectivity index (χ0n) is 9.51. The molecule has 4 N–H and O–H groups in total. The van der Waals surface area contributed by atoms with Crippen molar-refractivity contribution in [2.24, 2.45) is 0 Å². The van der Waals surface area contributed by atoms with E-state index in [9.17, 15) is 20.1 Å². The number of carbonyl (C=O) groups excluding carboxylic acids is 1. The topological polar surface area (TPSA) is 126 Å². The number of ether oxygens (including phenoxy) is 3. The van der Waals surface area contributed by atoms with Crippen molar-refractivity contribution < 1.29 is 39.4 Å². The van der Waals surface area contributed by atoms with Gasteiger partial charge in [-0.3, -0.25) is 4.79 Å². The lowest BCUT2D eigenvalue weighted by Gasteiger charge is -2.40. The zero-order chi connectivity index (χ0) is 13.3. The third-order valence-electron chi connectivity index (χ3n) is 3.00. The minimum Gasteiger partial charge on any atom is -0.463 e. The molecule has 0 aromatic heterocycles. The van der Waals surface area contributed by atoms with Crippen molar-refractivity contribution in [2.45, 2.75) is 43.2 Å². The Balaban J connectivity index is 1.96. The van der Waals surface area contributed by atoms with E-state index in [1.165, 1.54) is 0 Å². The lowest BCUT2D eigenvalue weighted by atomic mass is 9.99. The molecule has 2 fully saturated rings. The van der Waals surface area contributed by atoms with Crippen molar-refractivity contribution >= 4 is 5.97 Å². The fourth-order valence-electron chi connectivity index (χ4n) is 1.95. The second-order valence-corrected chi connectivity index (χ2v) is 4.34. The number of aliphatic hydroxyl groups excluding tert-OH is 4. The molecule has 2 heterocycles. The van der Waals surface area contributed by atoms with E-state index in [0.717, 1.165) is 0 Å². The van der Waals surface area contributed by atoms with Gasteiger partial charge in [0.15, 0.2) is 6.29 Å². The van der Waals surface area contributed by atoms with Crippen LogP contribution in [0.3, 0.4) is 0 Å². The van der Waals surface area contributed by atoms with Crippen LogP contribution in [0.2, 0.25) is 0 Å². The van der Waals surface area contributed by atoms with Crippen LogP contribution in [0.1, 0.15) is 6.42 Å². The van der Waals surface area contributed by atoms with Gasteiger partial charge in [-0.25, -0.2) is 0 Å². The maximum Gasteiger partial charge on any atom is 0.308 e. The van der Waals surface area contributed by atoms with Gasteiger partial charge in [-0.1, -0.05) is 0 Å². The Kier molecular flexibility index (Phi) is 4.15. The molecule has 2 aliphatic heterocycles. The number of carbonyl (C=O) groups is 1. The molecule has 0 amide bonds. The van der Waals surface area contributed by atoms with E-state index in [1.54, 1.807) is 0 Å². The normalized spacial score (nSPS) is 45.0. The summed E-state index contributed by atoms with van der Waals surface area (Å²) in [5.41, 5.74) is 0. The van der Waals surface area contributed by atoms with E-state index < -0.39 is 49.4 Å². The summed E-state index contributed by atoms with van der Waals surface area (Å²) in [6.07, 6.45) is -7.15. The molecule has 0 bridgehead atoms. The summed E-state index contributed by atoms with van der Waals surface area (Å²) < 4.78 is 15.1. The lowest BCUT2D eigenvalue weighted by molar-refractivity contribution is -0.310. The Bertz CT molecular complexity index is 306. The van der Waals surface area contributed by atoms with Crippen LogP contribution in [0.4, 0.5) is 0 Å².